The molecule has 2 aliphatic heterocycles. The molecule has 2 fully saturated rings. The van der Waals surface area contributed by atoms with Crippen LogP contribution in [-0.2, 0) is 4.79 Å². The maximum absolute atomic E-state index is 11.6. The van der Waals surface area contributed by atoms with Gasteiger partial charge in [0.1, 0.15) is 5.54 Å². The molecule has 3 nitrogen and oxygen atoms in total. The van der Waals surface area contributed by atoms with Crippen LogP contribution in [0.15, 0.2) is 0 Å². The topological polar surface area (TPSA) is 40.5 Å². The molecule has 0 aromatic rings. The number of aliphatic carboxylic acids is 1. The van der Waals surface area contributed by atoms with Gasteiger partial charge in [0.05, 0.1) is 0 Å². The molecule has 1 N–H and O–H groups in total. The van der Waals surface area contributed by atoms with Crippen LogP contribution in [-0.4, -0.2) is 46.1 Å². The van der Waals surface area contributed by atoms with Gasteiger partial charge in [0.2, 0.25) is 0 Å². The highest BCUT2D eigenvalue weighted by molar-refractivity contribution is 7.99. The summed E-state index contributed by atoms with van der Waals surface area (Å²) in [4.78, 5) is 13.8. The molecule has 0 aromatic carbocycles. The number of rotatable bonds is 2. The maximum Gasteiger partial charge on any atom is 0.325 e. The van der Waals surface area contributed by atoms with Gasteiger partial charge in [-0.25, -0.2) is 0 Å². The lowest BCUT2D eigenvalue weighted by atomic mass is 9.86. The number of carbonyl (C=O) groups is 1. The molecule has 2 heterocycles. The summed E-state index contributed by atoms with van der Waals surface area (Å²) in [5.74, 6) is 2.41. The lowest BCUT2D eigenvalue weighted by Gasteiger charge is -2.44. The SMILES string of the molecule is CC1CC(C)CN(C2(C(=O)O)CCSC2)C1. The van der Waals surface area contributed by atoms with E-state index < -0.39 is 11.5 Å². The summed E-state index contributed by atoms with van der Waals surface area (Å²) in [6.07, 6.45) is 2.05. The zero-order valence-electron chi connectivity index (χ0n) is 10.1. The van der Waals surface area contributed by atoms with E-state index in [1.54, 1.807) is 11.8 Å². The molecule has 0 spiro atoms. The second-order valence-corrected chi connectivity index (χ2v) is 6.60. The summed E-state index contributed by atoms with van der Waals surface area (Å²) in [6.45, 7) is 6.38. The number of carboxylic acid groups (broad SMARTS) is 1. The minimum Gasteiger partial charge on any atom is -0.480 e. The number of thioether (sulfide) groups is 1. The fraction of sp³-hybridized carbons (Fsp3) is 0.917. The van der Waals surface area contributed by atoms with Crippen molar-refractivity contribution in [2.75, 3.05) is 24.6 Å². The van der Waals surface area contributed by atoms with E-state index in [4.69, 9.17) is 0 Å². The third-order valence-electron chi connectivity index (χ3n) is 3.87. The van der Waals surface area contributed by atoms with Gasteiger partial charge >= 0.3 is 5.97 Å². The van der Waals surface area contributed by atoms with Crippen LogP contribution < -0.4 is 0 Å². The minimum atomic E-state index is -0.612. The lowest BCUT2D eigenvalue weighted by Crippen LogP contribution is -2.59. The second-order valence-electron chi connectivity index (χ2n) is 5.49. The van der Waals surface area contributed by atoms with E-state index in [0.717, 1.165) is 31.0 Å². The number of likely N-dealkylation sites (tertiary alicyclic amines) is 1. The van der Waals surface area contributed by atoms with E-state index in [9.17, 15) is 9.90 Å². The van der Waals surface area contributed by atoms with Crippen LogP contribution >= 0.6 is 11.8 Å². The third-order valence-corrected chi connectivity index (χ3v) is 5.05. The highest BCUT2D eigenvalue weighted by Crippen LogP contribution is 2.37. The van der Waals surface area contributed by atoms with Crippen LogP contribution in [0.5, 0.6) is 0 Å². The van der Waals surface area contributed by atoms with E-state index in [1.807, 2.05) is 0 Å². The minimum absolute atomic E-state index is 0.562. The molecule has 4 heteroatoms. The lowest BCUT2D eigenvalue weighted by molar-refractivity contribution is -0.151. The molecule has 3 unspecified atom stereocenters. The van der Waals surface area contributed by atoms with Gasteiger partial charge in [-0.15, -0.1) is 0 Å². The maximum atomic E-state index is 11.6. The van der Waals surface area contributed by atoms with Gasteiger partial charge in [0.25, 0.3) is 0 Å². The van der Waals surface area contributed by atoms with E-state index in [0.29, 0.717) is 11.8 Å². The predicted octanol–water partition coefficient (Wildman–Crippen LogP) is 1.92. The second kappa shape index (κ2) is 4.57. The molecule has 0 aromatic heterocycles. The molecular formula is C12H21NO2S. The van der Waals surface area contributed by atoms with Crippen molar-refractivity contribution in [2.45, 2.75) is 32.2 Å². The number of carboxylic acids is 1. The summed E-state index contributed by atoms with van der Waals surface area (Å²) in [5.41, 5.74) is -0.562. The van der Waals surface area contributed by atoms with Crippen molar-refractivity contribution in [3.8, 4) is 0 Å². The Bertz CT molecular complexity index is 266. The van der Waals surface area contributed by atoms with Crippen LogP contribution in [0.1, 0.15) is 26.7 Å². The Balaban J connectivity index is 2.17. The van der Waals surface area contributed by atoms with E-state index in [1.165, 1.54) is 6.42 Å². The van der Waals surface area contributed by atoms with Gasteiger partial charge in [-0.05, 0) is 30.4 Å². The predicted molar refractivity (Wildman–Crippen MR) is 66.8 cm³/mol. The molecule has 92 valence electrons. The molecule has 0 aliphatic carbocycles. The molecule has 0 saturated carbocycles. The largest absolute Gasteiger partial charge is 0.480 e. The summed E-state index contributed by atoms with van der Waals surface area (Å²) < 4.78 is 0. The van der Waals surface area contributed by atoms with Gasteiger partial charge in [-0.1, -0.05) is 13.8 Å². The van der Waals surface area contributed by atoms with Gasteiger partial charge in [-0.2, -0.15) is 11.8 Å². The van der Waals surface area contributed by atoms with Crippen molar-refractivity contribution in [3.05, 3.63) is 0 Å². The van der Waals surface area contributed by atoms with Crippen molar-refractivity contribution in [1.82, 2.24) is 4.90 Å². The van der Waals surface area contributed by atoms with Crippen molar-refractivity contribution >= 4 is 17.7 Å². The van der Waals surface area contributed by atoms with Crippen LogP contribution in [0.2, 0.25) is 0 Å². The highest BCUT2D eigenvalue weighted by atomic mass is 32.2. The van der Waals surface area contributed by atoms with E-state index >= 15 is 0 Å². The first-order valence-electron chi connectivity index (χ1n) is 6.11. The number of piperidine rings is 1. The third kappa shape index (κ3) is 2.09. The molecule has 16 heavy (non-hydrogen) atoms. The number of hydrogen-bond donors (Lipinski definition) is 1. The van der Waals surface area contributed by atoms with Crippen LogP contribution in [0.3, 0.4) is 0 Å². The number of hydrogen-bond acceptors (Lipinski definition) is 3. The first-order chi connectivity index (χ1) is 7.54. The monoisotopic (exact) mass is 243 g/mol. The molecule has 0 amide bonds. The summed E-state index contributed by atoms with van der Waals surface area (Å²) in [6, 6.07) is 0. The fourth-order valence-corrected chi connectivity index (χ4v) is 4.53. The molecule has 2 rings (SSSR count). The average molecular weight is 243 g/mol. The Morgan fingerprint density at radius 3 is 2.44 bits per heavy atom. The molecule has 0 bridgehead atoms. The first kappa shape index (κ1) is 12.2. The summed E-state index contributed by atoms with van der Waals surface area (Å²) in [7, 11) is 0. The van der Waals surface area contributed by atoms with Gasteiger partial charge in [0.15, 0.2) is 0 Å². The molecule has 0 radical (unpaired) electrons. The summed E-state index contributed by atoms with van der Waals surface area (Å²) >= 11 is 1.78. The van der Waals surface area contributed by atoms with E-state index in [2.05, 4.69) is 18.7 Å². The Morgan fingerprint density at radius 2 is 2.00 bits per heavy atom. The highest BCUT2D eigenvalue weighted by Gasteiger charge is 2.48. The quantitative estimate of drug-likeness (QED) is 0.804. The zero-order valence-corrected chi connectivity index (χ0v) is 10.9. The molecule has 2 saturated heterocycles. The van der Waals surface area contributed by atoms with Gasteiger partial charge in [-0.3, -0.25) is 9.69 Å². The fourth-order valence-electron chi connectivity index (χ4n) is 3.12. The summed E-state index contributed by atoms with van der Waals surface area (Å²) in [5, 5.41) is 9.53. The average Bonchev–Trinajstić information content (AvgIpc) is 2.65. The standard InChI is InChI=1S/C12H21NO2S/c1-9-5-10(2)7-13(6-9)12(11(14)15)3-4-16-8-12/h9-10H,3-8H2,1-2H3,(H,14,15). The van der Waals surface area contributed by atoms with Crippen LogP contribution in [0.4, 0.5) is 0 Å². The Labute approximate surface area is 102 Å². The first-order valence-corrected chi connectivity index (χ1v) is 7.26. The normalized spacial score (nSPS) is 41.1. The Kier molecular flexibility index (Phi) is 3.50. The Morgan fingerprint density at radius 1 is 1.38 bits per heavy atom. The number of nitrogens with zero attached hydrogens (tertiary/aromatic N) is 1. The van der Waals surface area contributed by atoms with Crippen LogP contribution in [0, 0.1) is 11.8 Å². The van der Waals surface area contributed by atoms with Crippen molar-refractivity contribution in [3.63, 3.8) is 0 Å². The molecular weight excluding hydrogens is 222 g/mol. The van der Waals surface area contributed by atoms with Crippen molar-refractivity contribution < 1.29 is 9.90 Å². The molecule has 3 atom stereocenters. The Hall–Kier alpha value is -0.220. The van der Waals surface area contributed by atoms with Crippen molar-refractivity contribution in [2.24, 2.45) is 11.8 Å². The zero-order chi connectivity index (χ0) is 11.8. The van der Waals surface area contributed by atoms with E-state index in [-0.39, 0.29) is 0 Å². The molecule has 2 aliphatic rings. The van der Waals surface area contributed by atoms with Gasteiger partial charge in [0, 0.05) is 18.8 Å². The smallest absolute Gasteiger partial charge is 0.325 e. The van der Waals surface area contributed by atoms with Gasteiger partial charge < -0.3 is 5.11 Å². The van der Waals surface area contributed by atoms with Crippen molar-refractivity contribution in [1.29, 1.82) is 0 Å². The van der Waals surface area contributed by atoms with Crippen LogP contribution in [0.25, 0.3) is 0 Å².